The minimum Gasteiger partial charge on any atom is -0.497 e. The summed E-state index contributed by atoms with van der Waals surface area (Å²) in [7, 11) is 1.62. The van der Waals surface area contributed by atoms with Crippen LogP contribution in [0, 0.1) is 0 Å². The van der Waals surface area contributed by atoms with Crippen LogP contribution in [0.15, 0.2) is 53.9 Å². The van der Waals surface area contributed by atoms with Crippen LogP contribution >= 0.6 is 11.3 Å². The van der Waals surface area contributed by atoms with Crippen LogP contribution in [0.2, 0.25) is 0 Å². The summed E-state index contributed by atoms with van der Waals surface area (Å²) in [4.78, 5) is 16.5. The number of benzene rings is 2. The Bertz CT molecular complexity index is 843. The molecule has 0 fully saturated rings. The number of methoxy groups -OCH3 is 1. The van der Waals surface area contributed by atoms with E-state index >= 15 is 0 Å². The molecule has 0 spiro atoms. The van der Waals surface area contributed by atoms with Crippen molar-refractivity contribution in [3.8, 4) is 17.0 Å². The van der Waals surface area contributed by atoms with Crippen molar-refractivity contribution >= 4 is 28.1 Å². The van der Waals surface area contributed by atoms with Gasteiger partial charge in [-0.3, -0.25) is 4.79 Å². The number of anilines is 2. The number of nitrogens with one attached hydrogen (secondary N) is 1. The maximum atomic E-state index is 12.2. The molecule has 3 N–H and O–H groups in total. The van der Waals surface area contributed by atoms with Crippen LogP contribution in [0.1, 0.15) is 5.56 Å². The fraction of sp³-hybridized carbons (Fsp3) is 0.111. The molecule has 5 nitrogen and oxygen atoms in total. The lowest BCUT2D eigenvalue weighted by molar-refractivity contribution is -0.115. The molecule has 122 valence electrons. The van der Waals surface area contributed by atoms with Gasteiger partial charge in [0.15, 0.2) is 5.13 Å². The van der Waals surface area contributed by atoms with Crippen LogP contribution in [0.3, 0.4) is 0 Å². The molecule has 6 heteroatoms. The van der Waals surface area contributed by atoms with Crippen molar-refractivity contribution in [2.24, 2.45) is 0 Å². The number of amides is 1. The number of rotatable bonds is 5. The van der Waals surface area contributed by atoms with Crippen molar-refractivity contribution in [1.82, 2.24) is 4.98 Å². The average Bonchev–Trinajstić information content (AvgIpc) is 3.02. The topological polar surface area (TPSA) is 77.2 Å². The molecule has 0 unspecified atom stereocenters. The highest BCUT2D eigenvalue weighted by Gasteiger charge is 2.07. The largest absolute Gasteiger partial charge is 0.497 e. The van der Waals surface area contributed by atoms with E-state index in [0.29, 0.717) is 11.6 Å². The van der Waals surface area contributed by atoms with E-state index in [-0.39, 0.29) is 5.91 Å². The van der Waals surface area contributed by atoms with E-state index in [1.54, 1.807) is 7.11 Å². The molecule has 24 heavy (non-hydrogen) atoms. The van der Waals surface area contributed by atoms with Gasteiger partial charge in [0.2, 0.25) is 5.91 Å². The smallest absolute Gasteiger partial charge is 0.228 e. The molecule has 0 aliphatic carbocycles. The zero-order valence-electron chi connectivity index (χ0n) is 13.2. The number of aromatic nitrogens is 1. The first kappa shape index (κ1) is 16.0. The second-order valence-corrected chi connectivity index (χ2v) is 6.11. The Labute approximate surface area is 144 Å². The molecule has 2 aromatic carbocycles. The molecule has 1 amide bonds. The van der Waals surface area contributed by atoms with Crippen LogP contribution in [0.25, 0.3) is 11.3 Å². The Balaban J connectivity index is 1.67. The van der Waals surface area contributed by atoms with E-state index in [1.165, 1.54) is 11.3 Å². The van der Waals surface area contributed by atoms with Gasteiger partial charge < -0.3 is 15.8 Å². The number of hydrogen-bond donors (Lipinski definition) is 2. The van der Waals surface area contributed by atoms with Crippen molar-refractivity contribution in [3.05, 3.63) is 59.5 Å². The van der Waals surface area contributed by atoms with Crippen LogP contribution in [0.5, 0.6) is 5.75 Å². The highest BCUT2D eigenvalue weighted by molar-refractivity contribution is 7.13. The number of ether oxygens (including phenoxy) is 1. The van der Waals surface area contributed by atoms with Gasteiger partial charge in [0.1, 0.15) is 5.75 Å². The van der Waals surface area contributed by atoms with E-state index < -0.39 is 0 Å². The Morgan fingerprint density at radius 2 is 2.04 bits per heavy atom. The molecule has 0 aliphatic heterocycles. The summed E-state index contributed by atoms with van der Waals surface area (Å²) in [5.74, 6) is 0.699. The Morgan fingerprint density at radius 3 is 2.71 bits per heavy atom. The summed E-state index contributed by atoms with van der Waals surface area (Å²) in [5.41, 5.74) is 9.06. The molecule has 0 aliphatic rings. The quantitative estimate of drug-likeness (QED) is 0.745. The predicted octanol–water partition coefficient (Wildman–Crippen LogP) is 3.58. The maximum absolute atomic E-state index is 12.2. The maximum Gasteiger partial charge on any atom is 0.228 e. The Hall–Kier alpha value is -2.86. The van der Waals surface area contributed by atoms with Crippen molar-refractivity contribution in [2.45, 2.75) is 6.42 Å². The summed E-state index contributed by atoms with van der Waals surface area (Å²) >= 11 is 1.39. The molecule has 0 saturated heterocycles. The van der Waals surface area contributed by atoms with Gasteiger partial charge in [-0.05, 0) is 29.8 Å². The summed E-state index contributed by atoms with van der Waals surface area (Å²) in [6.45, 7) is 0. The first-order valence-corrected chi connectivity index (χ1v) is 8.26. The second kappa shape index (κ2) is 7.14. The highest BCUT2D eigenvalue weighted by Crippen LogP contribution is 2.25. The van der Waals surface area contributed by atoms with Crippen molar-refractivity contribution in [2.75, 3.05) is 18.2 Å². The molecule has 0 radical (unpaired) electrons. The van der Waals surface area contributed by atoms with Gasteiger partial charge in [-0.2, -0.15) is 0 Å². The van der Waals surface area contributed by atoms with Gasteiger partial charge in [0.05, 0.1) is 19.2 Å². The SMILES string of the molecule is COc1ccc(CC(=O)Nc2cccc(-c3csc(N)n3)c2)cc1. The van der Waals surface area contributed by atoms with Crippen molar-refractivity contribution in [1.29, 1.82) is 0 Å². The fourth-order valence-corrected chi connectivity index (χ4v) is 2.88. The first-order chi connectivity index (χ1) is 11.6. The molecule has 0 atom stereocenters. The standard InChI is InChI=1S/C18H17N3O2S/c1-23-15-7-5-12(6-8-15)9-17(22)20-14-4-2-3-13(10-14)16-11-24-18(19)21-16/h2-8,10-11H,9H2,1H3,(H2,19,21)(H,20,22). The number of nitrogens with two attached hydrogens (primary N) is 1. The minimum atomic E-state index is -0.0740. The number of carbonyl (C=O) groups is 1. The van der Waals surface area contributed by atoms with Gasteiger partial charge in [-0.15, -0.1) is 11.3 Å². The normalized spacial score (nSPS) is 10.4. The number of nitrogens with zero attached hydrogens (tertiary/aromatic N) is 1. The zero-order valence-corrected chi connectivity index (χ0v) is 14.0. The molecule has 3 rings (SSSR count). The third kappa shape index (κ3) is 3.91. The summed E-state index contributed by atoms with van der Waals surface area (Å²) in [6.07, 6.45) is 0.303. The van der Waals surface area contributed by atoms with Gasteiger partial charge >= 0.3 is 0 Å². The summed E-state index contributed by atoms with van der Waals surface area (Å²) in [6, 6.07) is 15.0. The zero-order chi connectivity index (χ0) is 16.9. The van der Waals surface area contributed by atoms with E-state index in [0.717, 1.165) is 28.3 Å². The van der Waals surface area contributed by atoms with Gasteiger partial charge in [-0.1, -0.05) is 24.3 Å². The number of nitrogen functional groups attached to an aromatic ring is 1. The number of thiazole rings is 1. The minimum absolute atomic E-state index is 0.0740. The van der Waals surface area contributed by atoms with Crippen LogP contribution in [-0.4, -0.2) is 18.0 Å². The molecular formula is C18H17N3O2S. The molecule has 0 saturated carbocycles. The third-order valence-electron chi connectivity index (χ3n) is 3.49. The molecule has 3 aromatic rings. The van der Waals surface area contributed by atoms with Crippen LogP contribution < -0.4 is 15.8 Å². The monoisotopic (exact) mass is 339 g/mol. The highest BCUT2D eigenvalue weighted by atomic mass is 32.1. The van der Waals surface area contributed by atoms with Crippen LogP contribution in [-0.2, 0) is 11.2 Å². The van der Waals surface area contributed by atoms with Gasteiger partial charge in [-0.25, -0.2) is 4.98 Å². The third-order valence-corrected chi connectivity index (χ3v) is 4.16. The van der Waals surface area contributed by atoms with Gasteiger partial charge in [0.25, 0.3) is 0 Å². The molecular weight excluding hydrogens is 322 g/mol. The number of carbonyl (C=O) groups excluding carboxylic acids is 1. The van der Waals surface area contributed by atoms with Crippen molar-refractivity contribution < 1.29 is 9.53 Å². The second-order valence-electron chi connectivity index (χ2n) is 5.22. The van der Waals surface area contributed by atoms with Crippen molar-refractivity contribution in [3.63, 3.8) is 0 Å². The number of hydrogen-bond acceptors (Lipinski definition) is 5. The van der Waals surface area contributed by atoms with E-state index in [4.69, 9.17) is 10.5 Å². The van der Waals surface area contributed by atoms with E-state index in [1.807, 2.05) is 53.9 Å². The molecule has 1 heterocycles. The Kier molecular flexibility index (Phi) is 4.77. The summed E-state index contributed by atoms with van der Waals surface area (Å²) in [5, 5.41) is 5.33. The molecule has 0 bridgehead atoms. The fourth-order valence-electron chi connectivity index (χ4n) is 2.31. The Morgan fingerprint density at radius 1 is 1.25 bits per heavy atom. The lowest BCUT2D eigenvalue weighted by Gasteiger charge is -2.07. The summed E-state index contributed by atoms with van der Waals surface area (Å²) < 4.78 is 5.11. The lowest BCUT2D eigenvalue weighted by atomic mass is 10.1. The molecule has 1 aromatic heterocycles. The van der Waals surface area contributed by atoms with E-state index in [9.17, 15) is 4.79 Å². The average molecular weight is 339 g/mol. The lowest BCUT2D eigenvalue weighted by Crippen LogP contribution is -2.14. The first-order valence-electron chi connectivity index (χ1n) is 7.38. The van der Waals surface area contributed by atoms with Gasteiger partial charge in [0, 0.05) is 16.6 Å². The predicted molar refractivity (Wildman–Crippen MR) is 97.3 cm³/mol. The van der Waals surface area contributed by atoms with E-state index in [2.05, 4.69) is 10.3 Å². The van der Waals surface area contributed by atoms with Crippen LogP contribution in [0.4, 0.5) is 10.8 Å².